The molecular formula is C27H30N2O5. The molecular weight excluding hydrogens is 432 g/mol. The van der Waals surface area contributed by atoms with Crippen LogP contribution < -0.4 is 20.1 Å². The van der Waals surface area contributed by atoms with Gasteiger partial charge in [-0.05, 0) is 48.7 Å². The van der Waals surface area contributed by atoms with Gasteiger partial charge in [0.15, 0.2) is 18.1 Å². The molecule has 34 heavy (non-hydrogen) atoms. The highest BCUT2D eigenvalue weighted by Crippen LogP contribution is 2.25. The summed E-state index contributed by atoms with van der Waals surface area (Å²) in [6.45, 7) is 0.998. The van der Waals surface area contributed by atoms with Crippen molar-refractivity contribution in [3.63, 3.8) is 0 Å². The molecule has 3 aromatic rings. The highest BCUT2D eigenvalue weighted by atomic mass is 16.5. The Hall–Kier alpha value is -3.84. The topological polar surface area (TPSA) is 85.9 Å². The molecule has 7 nitrogen and oxygen atoms in total. The smallest absolute Gasteiger partial charge is 0.262 e. The molecule has 0 spiro atoms. The van der Waals surface area contributed by atoms with Crippen molar-refractivity contribution in [1.29, 1.82) is 0 Å². The first-order chi connectivity index (χ1) is 16.6. The minimum atomic E-state index is -0.318. The minimum Gasteiger partial charge on any atom is -0.493 e. The zero-order chi connectivity index (χ0) is 24.0. The molecule has 0 fully saturated rings. The molecule has 0 saturated heterocycles. The first-order valence-corrected chi connectivity index (χ1v) is 11.2. The second kappa shape index (κ2) is 13.6. The second-order valence-electron chi connectivity index (χ2n) is 7.57. The lowest BCUT2D eigenvalue weighted by molar-refractivity contribution is -0.118. The molecule has 0 saturated carbocycles. The van der Waals surface area contributed by atoms with Gasteiger partial charge >= 0.3 is 0 Å². The van der Waals surface area contributed by atoms with Crippen LogP contribution in [-0.4, -0.2) is 38.7 Å². The highest BCUT2D eigenvalue weighted by Gasteiger charge is 2.08. The van der Waals surface area contributed by atoms with Crippen LogP contribution in [0.25, 0.3) is 0 Å². The number of nitrogens with one attached hydrogen (secondary N) is 2. The Labute approximate surface area is 200 Å². The molecule has 178 valence electrons. The van der Waals surface area contributed by atoms with Gasteiger partial charge in [-0.2, -0.15) is 0 Å². The summed E-state index contributed by atoms with van der Waals surface area (Å²) >= 11 is 0. The average molecular weight is 463 g/mol. The zero-order valence-corrected chi connectivity index (χ0v) is 19.3. The predicted molar refractivity (Wildman–Crippen MR) is 132 cm³/mol. The molecule has 0 atom stereocenters. The third-order valence-corrected chi connectivity index (χ3v) is 4.93. The van der Waals surface area contributed by atoms with Gasteiger partial charge < -0.3 is 24.8 Å². The van der Waals surface area contributed by atoms with Crippen LogP contribution in [0.4, 0.5) is 11.4 Å². The number of anilines is 2. The number of methoxy groups -OCH3 is 1. The Balaban J connectivity index is 1.35. The molecule has 0 unspecified atom stereocenters. The van der Waals surface area contributed by atoms with Crippen molar-refractivity contribution in [2.75, 3.05) is 37.6 Å². The van der Waals surface area contributed by atoms with Crippen LogP contribution in [0, 0.1) is 0 Å². The number of amides is 2. The summed E-state index contributed by atoms with van der Waals surface area (Å²) in [6, 6.07) is 24.3. The number of hydrogen-bond acceptors (Lipinski definition) is 5. The van der Waals surface area contributed by atoms with Gasteiger partial charge in [0.05, 0.1) is 13.7 Å². The Kier molecular flexibility index (Phi) is 9.95. The highest BCUT2D eigenvalue weighted by molar-refractivity contribution is 5.94. The first kappa shape index (κ1) is 24.8. The number of carbonyl (C=O) groups is 2. The van der Waals surface area contributed by atoms with Gasteiger partial charge in [-0.15, -0.1) is 0 Å². The molecule has 0 aliphatic carbocycles. The third-order valence-electron chi connectivity index (χ3n) is 4.93. The number of carbonyl (C=O) groups excluding carboxylic acids is 2. The third kappa shape index (κ3) is 8.60. The van der Waals surface area contributed by atoms with Gasteiger partial charge in [0.2, 0.25) is 5.91 Å². The lowest BCUT2D eigenvalue weighted by Gasteiger charge is -2.11. The van der Waals surface area contributed by atoms with Gasteiger partial charge in [-0.1, -0.05) is 48.5 Å². The Morgan fingerprint density at radius 3 is 2.18 bits per heavy atom. The van der Waals surface area contributed by atoms with E-state index in [2.05, 4.69) is 22.8 Å². The molecule has 2 N–H and O–H groups in total. The largest absolute Gasteiger partial charge is 0.493 e. The van der Waals surface area contributed by atoms with Crippen molar-refractivity contribution in [2.45, 2.75) is 19.3 Å². The van der Waals surface area contributed by atoms with E-state index < -0.39 is 0 Å². The predicted octanol–water partition coefficient (Wildman–Crippen LogP) is 4.69. The van der Waals surface area contributed by atoms with E-state index in [9.17, 15) is 9.59 Å². The van der Waals surface area contributed by atoms with Crippen molar-refractivity contribution >= 4 is 23.2 Å². The van der Waals surface area contributed by atoms with E-state index in [-0.39, 0.29) is 18.4 Å². The van der Waals surface area contributed by atoms with Crippen molar-refractivity contribution in [1.82, 2.24) is 0 Å². The van der Waals surface area contributed by atoms with Crippen LogP contribution >= 0.6 is 0 Å². The van der Waals surface area contributed by atoms with Crippen molar-refractivity contribution in [3.8, 4) is 11.5 Å². The molecule has 7 heteroatoms. The fraction of sp³-hybridized carbons (Fsp3) is 0.259. The van der Waals surface area contributed by atoms with E-state index in [1.807, 2.05) is 24.3 Å². The Bertz CT molecular complexity index is 1060. The number of ether oxygens (including phenoxy) is 3. The normalized spacial score (nSPS) is 10.4. The molecule has 3 rings (SSSR count). The van der Waals surface area contributed by atoms with Crippen molar-refractivity contribution in [2.24, 2.45) is 0 Å². The van der Waals surface area contributed by atoms with Gasteiger partial charge in [-0.3, -0.25) is 9.59 Å². The standard InChI is InChI=1S/C27H30N2O5/c1-32-24-13-5-6-14-25(24)34-20-27(31)29-23-12-7-11-22(19-23)28-26(30)15-8-17-33-18-16-21-9-3-2-4-10-21/h2-7,9-14,19H,8,15-18,20H2,1H3,(H,28,30)(H,29,31). The number of rotatable bonds is 13. The molecule has 0 radical (unpaired) electrons. The fourth-order valence-corrected chi connectivity index (χ4v) is 3.25. The molecule has 0 aromatic heterocycles. The summed E-state index contributed by atoms with van der Waals surface area (Å²) in [6.07, 6.45) is 1.85. The summed E-state index contributed by atoms with van der Waals surface area (Å²) in [7, 11) is 1.54. The summed E-state index contributed by atoms with van der Waals surface area (Å²) in [5.74, 6) is 0.628. The van der Waals surface area contributed by atoms with Gasteiger partial charge in [0.1, 0.15) is 0 Å². The van der Waals surface area contributed by atoms with Crippen LogP contribution in [0.15, 0.2) is 78.9 Å². The van der Waals surface area contributed by atoms with Crippen molar-refractivity contribution in [3.05, 3.63) is 84.4 Å². The lowest BCUT2D eigenvalue weighted by Crippen LogP contribution is -2.20. The van der Waals surface area contributed by atoms with Gasteiger partial charge in [0, 0.05) is 24.4 Å². The van der Waals surface area contributed by atoms with E-state index in [4.69, 9.17) is 14.2 Å². The zero-order valence-electron chi connectivity index (χ0n) is 19.3. The molecule has 3 aromatic carbocycles. The van der Waals surface area contributed by atoms with Gasteiger partial charge in [0.25, 0.3) is 5.91 Å². The van der Waals surface area contributed by atoms with Crippen LogP contribution in [0.5, 0.6) is 11.5 Å². The summed E-state index contributed by atoms with van der Waals surface area (Å²) < 4.78 is 16.4. The van der Waals surface area contributed by atoms with Gasteiger partial charge in [-0.25, -0.2) is 0 Å². The summed E-state index contributed by atoms with van der Waals surface area (Å²) in [5, 5.41) is 5.62. The minimum absolute atomic E-state index is 0.102. The molecule has 0 aliphatic heterocycles. The number of benzene rings is 3. The summed E-state index contributed by atoms with van der Waals surface area (Å²) in [4.78, 5) is 24.5. The van der Waals surface area contributed by atoms with E-state index in [0.29, 0.717) is 48.9 Å². The SMILES string of the molecule is COc1ccccc1OCC(=O)Nc1cccc(NC(=O)CCCOCCc2ccccc2)c1. The summed E-state index contributed by atoms with van der Waals surface area (Å²) in [5.41, 5.74) is 2.41. The molecule has 2 amide bonds. The Morgan fingerprint density at radius 2 is 1.44 bits per heavy atom. The maximum absolute atomic E-state index is 12.3. The molecule has 0 heterocycles. The van der Waals surface area contributed by atoms with E-state index in [0.717, 1.165) is 6.42 Å². The number of para-hydroxylation sites is 2. The van der Waals surface area contributed by atoms with Crippen LogP contribution in [0.3, 0.4) is 0 Å². The maximum atomic E-state index is 12.3. The van der Waals surface area contributed by atoms with Crippen LogP contribution in [0.1, 0.15) is 18.4 Å². The average Bonchev–Trinajstić information content (AvgIpc) is 2.86. The van der Waals surface area contributed by atoms with E-state index >= 15 is 0 Å². The maximum Gasteiger partial charge on any atom is 0.262 e. The van der Waals surface area contributed by atoms with Crippen molar-refractivity contribution < 1.29 is 23.8 Å². The monoisotopic (exact) mass is 462 g/mol. The molecule has 0 bridgehead atoms. The van der Waals surface area contributed by atoms with Crippen LogP contribution in [-0.2, 0) is 20.7 Å². The lowest BCUT2D eigenvalue weighted by atomic mass is 10.2. The quantitative estimate of drug-likeness (QED) is 0.360. The van der Waals surface area contributed by atoms with E-state index in [1.165, 1.54) is 5.56 Å². The number of hydrogen-bond donors (Lipinski definition) is 2. The fourth-order valence-electron chi connectivity index (χ4n) is 3.25. The first-order valence-electron chi connectivity index (χ1n) is 11.2. The van der Waals surface area contributed by atoms with E-state index in [1.54, 1.807) is 49.6 Å². The second-order valence-corrected chi connectivity index (χ2v) is 7.57. The van der Waals surface area contributed by atoms with Crippen LogP contribution in [0.2, 0.25) is 0 Å². The Morgan fingerprint density at radius 1 is 0.765 bits per heavy atom. The molecule has 0 aliphatic rings.